The Labute approximate surface area is 877 Å². The standard InChI is InChI=1S/C120H216O24/c1-121-67-73-133-91-97-139-85-79-127-61-49-37-25-13-7-19-31-43-55-109-103-115-116(104-110(109)56-44-32-20-8-14-26-38-50-62-128-80-86-140-98-92-134-74-68-122-2)118-106-112(58-46-34-22-10-16-28-40-52-64-130-82-88-142-100-94-136-76-70-124-4)114(60-48-36-24-12-18-30-42-54-66-132-84-90-144-102-96-138-78-72-126-6)108-120(118)119-107-113(59-47-35-23-11-17-29-41-53-65-131-83-89-143-101-95-137-77-71-125-5)111(105-117(115)119)57-45-33-21-9-15-27-39-51-63-129-81-87-141-99-93-135-75-69-123-3/h103-108H,7-102H2,1-6H3. The van der Waals surface area contributed by atoms with E-state index in [1.54, 1.807) is 76.0 Å². The van der Waals surface area contributed by atoms with Crippen molar-refractivity contribution in [2.75, 3.05) is 320 Å². The van der Waals surface area contributed by atoms with E-state index in [0.29, 0.717) is 238 Å². The summed E-state index contributed by atoms with van der Waals surface area (Å²) in [4.78, 5) is 0. The average Bonchev–Trinajstić information content (AvgIpc) is 0.724. The van der Waals surface area contributed by atoms with Crippen LogP contribution in [0.3, 0.4) is 0 Å². The molecule has 144 heavy (non-hydrogen) atoms. The van der Waals surface area contributed by atoms with Crippen molar-refractivity contribution in [1.82, 2.24) is 0 Å². The van der Waals surface area contributed by atoms with Crippen LogP contribution in [0.4, 0.5) is 0 Å². The molecule has 24 heteroatoms. The predicted molar refractivity (Wildman–Crippen MR) is 589 cm³/mol. The largest absolute Gasteiger partial charge is 0.382 e. The Hall–Kier alpha value is -3.30. The van der Waals surface area contributed by atoms with Gasteiger partial charge in [0.25, 0.3) is 0 Å². The molecule has 0 heterocycles. The molecule has 0 unspecified atom stereocenters. The number of fused-ring (bicyclic) bond motifs is 6. The first-order valence-corrected chi connectivity index (χ1v) is 58.4. The zero-order valence-electron chi connectivity index (χ0n) is 93.1. The quantitative estimate of drug-likeness (QED) is 0.0296. The van der Waals surface area contributed by atoms with Crippen LogP contribution in [-0.2, 0) is 152 Å². The SMILES string of the molecule is COCCOCCOCCOCCCCCCCCCCc1cc2c3cc(CCCCCCCCCCOCCOCCOCCOC)c(CCCCCCCCCCOCCOCCOCCOC)cc3c3cc(CCCCCCCCCCOCCOCCOCCOC)c(CCCCCCCCCCOCCOCCOCCOC)cc3c2cc1CCCCCCCCCCOCCOCCOCCOC. The van der Waals surface area contributed by atoms with Crippen LogP contribution >= 0.6 is 0 Å². The molecule has 0 aromatic heterocycles. The zero-order valence-corrected chi connectivity index (χ0v) is 93.1. The lowest BCUT2D eigenvalue weighted by Crippen LogP contribution is -2.11. The molecule has 0 N–H and O–H groups in total. The van der Waals surface area contributed by atoms with Crippen molar-refractivity contribution in [1.29, 1.82) is 0 Å². The van der Waals surface area contributed by atoms with E-state index in [9.17, 15) is 0 Å². The second-order valence-corrected chi connectivity index (χ2v) is 38.9. The van der Waals surface area contributed by atoms with Gasteiger partial charge >= 0.3 is 0 Å². The van der Waals surface area contributed by atoms with Gasteiger partial charge in [0.1, 0.15) is 0 Å². The molecule has 4 rings (SSSR count). The molecule has 0 saturated heterocycles. The maximum atomic E-state index is 5.95. The van der Waals surface area contributed by atoms with E-state index in [2.05, 4.69) is 36.4 Å². The Balaban J connectivity index is 1.68. The van der Waals surface area contributed by atoms with Crippen molar-refractivity contribution >= 4 is 32.3 Å². The molecule has 4 aromatic rings. The monoisotopic (exact) mass is 2040 g/mol. The summed E-state index contributed by atoms with van der Waals surface area (Å²) in [6.07, 6.45) is 66.5. The normalized spacial score (nSPS) is 12.0. The van der Waals surface area contributed by atoms with Crippen molar-refractivity contribution in [3.8, 4) is 0 Å². The first-order chi connectivity index (χ1) is 71.6. The second-order valence-electron chi connectivity index (χ2n) is 38.9. The van der Waals surface area contributed by atoms with Gasteiger partial charge in [0, 0.05) is 82.3 Å². The first kappa shape index (κ1) is 133. The Bertz CT molecular complexity index is 2740. The van der Waals surface area contributed by atoms with Crippen LogP contribution in [0.25, 0.3) is 32.3 Å². The van der Waals surface area contributed by atoms with Gasteiger partial charge in [-0.25, -0.2) is 0 Å². The third-order valence-corrected chi connectivity index (χ3v) is 26.9. The maximum absolute atomic E-state index is 5.95. The number of ether oxygens (including phenoxy) is 24. The summed E-state index contributed by atoms with van der Waals surface area (Å²) in [5.74, 6) is 0. The van der Waals surface area contributed by atoms with Crippen molar-refractivity contribution in [2.24, 2.45) is 0 Å². The number of hydrogen-bond donors (Lipinski definition) is 0. The Kier molecular flexibility index (Phi) is 98.5. The Morgan fingerprint density at radius 2 is 0.181 bits per heavy atom. The lowest BCUT2D eigenvalue weighted by Gasteiger charge is -2.21. The molecular weight excluding hydrogens is 1830 g/mol. The van der Waals surface area contributed by atoms with Gasteiger partial charge in [-0.1, -0.05) is 268 Å². The van der Waals surface area contributed by atoms with E-state index >= 15 is 0 Å². The lowest BCUT2D eigenvalue weighted by molar-refractivity contribution is 0.00323. The number of hydrogen-bond acceptors (Lipinski definition) is 24. The molecule has 0 aliphatic heterocycles. The molecular formula is C120H216O24. The molecule has 0 atom stereocenters. The minimum absolute atomic E-state index is 0.586. The highest BCUT2D eigenvalue weighted by molar-refractivity contribution is 6.26. The molecule has 0 radical (unpaired) electrons. The fourth-order valence-corrected chi connectivity index (χ4v) is 18.4. The van der Waals surface area contributed by atoms with Gasteiger partial charge in [-0.05, 0) is 181 Å². The first-order valence-electron chi connectivity index (χ1n) is 58.4. The van der Waals surface area contributed by atoms with Gasteiger partial charge in [0.2, 0.25) is 0 Å². The highest BCUT2D eigenvalue weighted by atomic mass is 16.6. The molecule has 0 spiro atoms. The highest BCUT2D eigenvalue weighted by Gasteiger charge is 2.20. The van der Waals surface area contributed by atoms with Crippen LogP contribution in [0, 0.1) is 0 Å². The van der Waals surface area contributed by atoms with E-state index < -0.39 is 0 Å². The summed E-state index contributed by atoms with van der Waals surface area (Å²) >= 11 is 0. The average molecular weight is 2040 g/mol. The second kappa shape index (κ2) is 107. The van der Waals surface area contributed by atoms with Gasteiger partial charge in [0.15, 0.2) is 0 Å². The maximum Gasteiger partial charge on any atom is 0.0701 e. The molecule has 0 aliphatic rings. The molecule has 0 aliphatic carbocycles. The van der Waals surface area contributed by atoms with Crippen molar-refractivity contribution in [3.63, 3.8) is 0 Å². The fraction of sp³-hybridized carbons (Fsp3) is 0.850. The summed E-state index contributed by atoms with van der Waals surface area (Å²) in [7, 11) is 10.2. The third kappa shape index (κ3) is 78.8. The van der Waals surface area contributed by atoms with Crippen LogP contribution in [0.2, 0.25) is 0 Å². The van der Waals surface area contributed by atoms with E-state index in [4.69, 9.17) is 114 Å². The van der Waals surface area contributed by atoms with Crippen LogP contribution in [0.15, 0.2) is 36.4 Å². The van der Waals surface area contributed by atoms with E-state index in [0.717, 1.165) is 117 Å². The summed E-state index contributed by atoms with van der Waals surface area (Å²) in [5.41, 5.74) is 9.58. The van der Waals surface area contributed by atoms with Crippen molar-refractivity contribution in [2.45, 2.75) is 347 Å². The molecule has 0 amide bonds. The highest BCUT2D eigenvalue weighted by Crippen LogP contribution is 2.42. The number of methoxy groups -OCH3 is 6. The van der Waals surface area contributed by atoms with Crippen molar-refractivity contribution < 1.29 is 114 Å². The molecule has 840 valence electrons. The Morgan fingerprint density at radius 3 is 0.285 bits per heavy atom. The van der Waals surface area contributed by atoms with Crippen LogP contribution in [0.1, 0.15) is 342 Å². The van der Waals surface area contributed by atoms with Gasteiger partial charge in [-0.15, -0.1) is 0 Å². The van der Waals surface area contributed by atoms with Crippen LogP contribution < -0.4 is 0 Å². The molecule has 0 bridgehead atoms. The van der Waals surface area contributed by atoms with E-state index in [1.165, 1.54) is 302 Å². The minimum Gasteiger partial charge on any atom is -0.382 e. The summed E-state index contributed by atoms with van der Waals surface area (Å²) < 4.78 is 134. The van der Waals surface area contributed by atoms with E-state index in [1.807, 2.05) is 0 Å². The summed E-state index contributed by atoms with van der Waals surface area (Å²) in [5, 5.41) is 8.92. The zero-order chi connectivity index (χ0) is 102. The molecule has 4 aromatic carbocycles. The number of rotatable bonds is 120. The number of benzene rings is 4. The molecule has 0 fully saturated rings. The predicted octanol–water partition coefficient (Wildman–Crippen LogP) is 25.3. The van der Waals surface area contributed by atoms with Crippen molar-refractivity contribution in [3.05, 3.63) is 69.8 Å². The topological polar surface area (TPSA) is 222 Å². The van der Waals surface area contributed by atoms with Gasteiger partial charge in [-0.3, -0.25) is 0 Å². The van der Waals surface area contributed by atoms with Gasteiger partial charge < -0.3 is 114 Å². The van der Waals surface area contributed by atoms with Gasteiger partial charge in [-0.2, -0.15) is 0 Å². The number of unbranched alkanes of at least 4 members (excludes halogenated alkanes) is 42. The van der Waals surface area contributed by atoms with Crippen LogP contribution in [0.5, 0.6) is 0 Å². The number of aryl methyl sites for hydroxylation is 6. The lowest BCUT2D eigenvalue weighted by atomic mass is 9.84. The summed E-state index contributed by atoms with van der Waals surface area (Å²) in [6.45, 7) is 26.5. The summed E-state index contributed by atoms with van der Waals surface area (Å²) in [6, 6.07) is 16.6. The fourth-order valence-electron chi connectivity index (χ4n) is 18.4. The smallest absolute Gasteiger partial charge is 0.0701 e. The minimum atomic E-state index is 0.586. The van der Waals surface area contributed by atoms with Crippen LogP contribution in [-0.4, -0.2) is 320 Å². The molecule has 0 saturated carbocycles. The molecule has 24 nitrogen and oxygen atoms in total. The Morgan fingerprint density at radius 1 is 0.0972 bits per heavy atom. The van der Waals surface area contributed by atoms with Gasteiger partial charge in [0.05, 0.1) is 238 Å². The van der Waals surface area contributed by atoms with E-state index in [-0.39, 0.29) is 0 Å². The third-order valence-electron chi connectivity index (χ3n) is 26.9.